The molecule has 0 heterocycles. The van der Waals surface area contributed by atoms with E-state index in [0.717, 1.165) is 6.07 Å². The summed E-state index contributed by atoms with van der Waals surface area (Å²) in [6.07, 6.45) is 0. The summed E-state index contributed by atoms with van der Waals surface area (Å²) in [7, 11) is -3.84. The third-order valence-electron chi connectivity index (χ3n) is 2.38. The Morgan fingerprint density at radius 3 is 2.60 bits per heavy atom. The Bertz CT molecular complexity index is 614. The van der Waals surface area contributed by atoms with Gasteiger partial charge in [0.15, 0.2) is 9.84 Å². The Hall–Kier alpha value is -1.96. The molecular weight excluding hydrogens is 289 g/mol. The molecule has 0 radical (unpaired) electrons. The summed E-state index contributed by atoms with van der Waals surface area (Å²) >= 11 is 0. The lowest BCUT2D eigenvalue weighted by Crippen LogP contribution is -2.29. The molecule has 1 unspecified atom stereocenters. The first-order chi connectivity index (χ1) is 9.19. The SMILES string of the molecule is CC(CS(=O)(=O)CC(=O)Nc1cccc(F)c1)C(=O)O. The molecule has 0 aliphatic heterocycles. The van der Waals surface area contributed by atoms with Crippen LogP contribution in [0, 0.1) is 11.7 Å². The molecule has 0 fully saturated rings. The fourth-order valence-corrected chi connectivity index (χ4v) is 2.97. The monoisotopic (exact) mass is 303 g/mol. The van der Waals surface area contributed by atoms with Crippen molar-refractivity contribution in [1.82, 2.24) is 0 Å². The van der Waals surface area contributed by atoms with E-state index in [0.29, 0.717) is 0 Å². The van der Waals surface area contributed by atoms with E-state index >= 15 is 0 Å². The number of hydrogen-bond acceptors (Lipinski definition) is 4. The van der Waals surface area contributed by atoms with Crippen LogP contribution in [0.15, 0.2) is 24.3 Å². The molecule has 0 saturated carbocycles. The van der Waals surface area contributed by atoms with Crippen LogP contribution in [0.4, 0.5) is 10.1 Å². The van der Waals surface area contributed by atoms with E-state index in [1.54, 1.807) is 0 Å². The van der Waals surface area contributed by atoms with Crippen LogP contribution >= 0.6 is 0 Å². The van der Waals surface area contributed by atoms with Crippen molar-refractivity contribution < 1.29 is 27.5 Å². The fourth-order valence-electron chi connectivity index (χ4n) is 1.47. The van der Waals surface area contributed by atoms with Gasteiger partial charge in [-0.3, -0.25) is 9.59 Å². The summed E-state index contributed by atoms with van der Waals surface area (Å²) in [6, 6.07) is 5.00. The normalized spacial score (nSPS) is 12.7. The Morgan fingerprint density at radius 1 is 1.40 bits per heavy atom. The molecule has 2 N–H and O–H groups in total. The van der Waals surface area contributed by atoms with Gasteiger partial charge < -0.3 is 10.4 Å². The van der Waals surface area contributed by atoms with Crippen LogP contribution < -0.4 is 5.32 Å². The number of nitrogens with one attached hydrogen (secondary N) is 1. The average molecular weight is 303 g/mol. The fraction of sp³-hybridized carbons (Fsp3) is 0.333. The standard InChI is InChI=1S/C12H14FNO5S/c1-8(12(16)17)6-20(18,19)7-11(15)14-10-4-2-3-9(13)5-10/h2-5,8H,6-7H2,1H3,(H,14,15)(H,16,17). The van der Waals surface area contributed by atoms with Gasteiger partial charge in [-0.05, 0) is 18.2 Å². The van der Waals surface area contributed by atoms with E-state index < -0.39 is 45.0 Å². The number of aliphatic carboxylic acids is 1. The maximum Gasteiger partial charge on any atom is 0.307 e. The number of amides is 1. The molecule has 1 aromatic carbocycles. The van der Waals surface area contributed by atoms with E-state index in [9.17, 15) is 22.4 Å². The minimum Gasteiger partial charge on any atom is -0.481 e. The van der Waals surface area contributed by atoms with Crippen molar-refractivity contribution in [1.29, 1.82) is 0 Å². The third kappa shape index (κ3) is 5.35. The number of anilines is 1. The predicted molar refractivity (Wildman–Crippen MR) is 70.5 cm³/mol. The molecule has 0 aliphatic rings. The smallest absolute Gasteiger partial charge is 0.307 e. The first kappa shape index (κ1) is 16.1. The van der Waals surface area contributed by atoms with E-state index in [1.165, 1.54) is 25.1 Å². The summed E-state index contributed by atoms with van der Waals surface area (Å²) in [6.45, 7) is 1.24. The van der Waals surface area contributed by atoms with Gasteiger partial charge in [-0.15, -0.1) is 0 Å². The van der Waals surface area contributed by atoms with Crippen LogP contribution in [0.3, 0.4) is 0 Å². The summed E-state index contributed by atoms with van der Waals surface area (Å²) in [5.74, 6) is -5.22. The van der Waals surface area contributed by atoms with Crippen LogP contribution in [0.25, 0.3) is 0 Å². The number of halogens is 1. The molecule has 8 heteroatoms. The number of rotatable bonds is 6. The zero-order valence-electron chi connectivity index (χ0n) is 10.7. The third-order valence-corrected chi connectivity index (χ3v) is 4.09. The number of benzene rings is 1. The quantitative estimate of drug-likeness (QED) is 0.813. The lowest BCUT2D eigenvalue weighted by Gasteiger charge is -2.08. The second-order valence-corrected chi connectivity index (χ2v) is 6.46. The predicted octanol–water partition coefficient (Wildman–Crippen LogP) is 0.900. The molecule has 0 bridgehead atoms. The minimum absolute atomic E-state index is 0.136. The number of hydrogen-bond donors (Lipinski definition) is 2. The maximum atomic E-state index is 12.9. The van der Waals surface area contributed by atoms with Gasteiger partial charge in [0.25, 0.3) is 0 Å². The van der Waals surface area contributed by atoms with Crippen molar-refractivity contribution in [3.63, 3.8) is 0 Å². The summed E-state index contributed by atoms with van der Waals surface area (Å²) in [4.78, 5) is 22.1. The van der Waals surface area contributed by atoms with E-state index in [-0.39, 0.29) is 5.69 Å². The molecule has 1 rings (SSSR count). The van der Waals surface area contributed by atoms with Gasteiger partial charge in [-0.1, -0.05) is 13.0 Å². The Morgan fingerprint density at radius 2 is 2.05 bits per heavy atom. The average Bonchev–Trinajstić information content (AvgIpc) is 2.26. The highest BCUT2D eigenvalue weighted by atomic mass is 32.2. The molecule has 1 amide bonds. The highest BCUT2D eigenvalue weighted by Gasteiger charge is 2.23. The van der Waals surface area contributed by atoms with E-state index in [4.69, 9.17) is 5.11 Å². The molecule has 0 aliphatic carbocycles. The van der Waals surface area contributed by atoms with Gasteiger partial charge >= 0.3 is 5.97 Å². The van der Waals surface area contributed by atoms with Crippen molar-refractivity contribution in [2.45, 2.75) is 6.92 Å². The first-order valence-electron chi connectivity index (χ1n) is 5.68. The number of carbonyl (C=O) groups excluding carboxylic acids is 1. The summed E-state index contributed by atoms with van der Waals surface area (Å²) < 4.78 is 36.1. The minimum atomic E-state index is -3.84. The number of sulfone groups is 1. The molecule has 0 spiro atoms. The molecule has 1 atom stereocenters. The molecule has 0 aromatic heterocycles. The van der Waals surface area contributed by atoms with Crippen molar-refractivity contribution in [2.75, 3.05) is 16.8 Å². The van der Waals surface area contributed by atoms with Crippen LogP contribution in [-0.4, -0.2) is 36.9 Å². The van der Waals surface area contributed by atoms with E-state index in [1.807, 2.05) is 0 Å². The van der Waals surface area contributed by atoms with Gasteiger partial charge in [0.05, 0.1) is 11.7 Å². The van der Waals surface area contributed by atoms with Gasteiger partial charge in [0.2, 0.25) is 5.91 Å². The molecule has 0 saturated heterocycles. The molecule has 110 valence electrons. The number of carboxylic acids is 1. The van der Waals surface area contributed by atoms with Crippen molar-refractivity contribution in [3.8, 4) is 0 Å². The van der Waals surface area contributed by atoms with Crippen LogP contribution in [0.1, 0.15) is 6.92 Å². The Labute approximate surface area is 115 Å². The Balaban J connectivity index is 2.64. The second kappa shape index (κ2) is 6.47. The number of carboxylic acid groups (broad SMARTS) is 1. The second-order valence-electron chi connectivity index (χ2n) is 4.35. The van der Waals surface area contributed by atoms with Gasteiger partial charge in [0, 0.05) is 5.69 Å². The zero-order chi connectivity index (χ0) is 15.3. The van der Waals surface area contributed by atoms with E-state index in [2.05, 4.69) is 5.32 Å². The molecule has 1 aromatic rings. The van der Waals surface area contributed by atoms with Crippen LogP contribution in [0.2, 0.25) is 0 Å². The lowest BCUT2D eigenvalue weighted by molar-refractivity contribution is -0.140. The van der Waals surface area contributed by atoms with Crippen molar-refractivity contribution in [2.24, 2.45) is 5.92 Å². The molecular formula is C12H14FNO5S. The van der Waals surface area contributed by atoms with Crippen molar-refractivity contribution >= 4 is 27.4 Å². The Kier molecular flexibility index (Phi) is 5.20. The first-order valence-corrected chi connectivity index (χ1v) is 7.50. The summed E-state index contributed by atoms with van der Waals surface area (Å²) in [5, 5.41) is 10.9. The largest absolute Gasteiger partial charge is 0.481 e. The van der Waals surface area contributed by atoms with Crippen LogP contribution in [0.5, 0.6) is 0 Å². The summed E-state index contributed by atoms with van der Waals surface area (Å²) in [5.41, 5.74) is 0.136. The van der Waals surface area contributed by atoms with Gasteiger partial charge in [0.1, 0.15) is 11.6 Å². The zero-order valence-corrected chi connectivity index (χ0v) is 11.5. The molecule has 6 nitrogen and oxygen atoms in total. The van der Waals surface area contributed by atoms with Gasteiger partial charge in [-0.2, -0.15) is 0 Å². The maximum absolute atomic E-state index is 12.9. The molecule has 20 heavy (non-hydrogen) atoms. The van der Waals surface area contributed by atoms with Crippen LogP contribution in [-0.2, 0) is 19.4 Å². The highest BCUT2D eigenvalue weighted by molar-refractivity contribution is 7.92. The van der Waals surface area contributed by atoms with Crippen molar-refractivity contribution in [3.05, 3.63) is 30.1 Å². The number of carbonyl (C=O) groups is 2. The van der Waals surface area contributed by atoms with Gasteiger partial charge in [-0.25, -0.2) is 12.8 Å². The highest BCUT2D eigenvalue weighted by Crippen LogP contribution is 2.10. The topological polar surface area (TPSA) is 101 Å². The lowest BCUT2D eigenvalue weighted by atomic mass is 10.2.